The van der Waals surface area contributed by atoms with Crippen molar-refractivity contribution in [1.29, 1.82) is 0 Å². The summed E-state index contributed by atoms with van der Waals surface area (Å²) in [5.74, 6) is 0.887. The van der Waals surface area contributed by atoms with Crippen molar-refractivity contribution in [2.24, 2.45) is 5.92 Å². The molecule has 0 radical (unpaired) electrons. The molecule has 1 heterocycles. The average molecular weight is 310 g/mol. The predicted octanol–water partition coefficient (Wildman–Crippen LogP) is 2.43. The summed E-state index contributed by atoms with van der Waals surface area (Å²) in [6, 6.07) is 7.40. The molecule has 1 aromatic carbocycles. The van der Waals surface area contributed by atoms with Gasteiger partial charge in [-0.15, -0.1) is 0 Å². The topological polar surface area (TPSA) is 49.4 Å². The molecular formula is C16H26N2O2S. The van der Waals surface area contributed by atoms with Crippen LogP contribution in [0.4, 0.5) is 0 Å². The molecule has 1 N–H and O–H groups in total. The molecule has 0 saturated carbocycles. The van der Waals surface area contributed by atoms with Crippen LogP contribution in [0, 0.1) is 5.92 Å². The van der Waals surface area contributed by atoms with Gasteiger partial charge in [-0.25, -0.2) is 8.42 Å². The van der Waals surface area contributed by atoms with Gasteiger partial charge in [0.25, 0.3) is 0 Å². The average Bonchev–Trinajstić information content (AvgIpc) is 2.96. The van der Waals surface area contributed by atoms with Crippen LogP contribution in [0.2, 0.25) is 0 Å². The maximum atomic E-state index is 12.6. The Hall–Kier alpha value is -0.910. The number of rotatable bonds is 6. The Balaban J connectivity index is 2.13. The fourth-order valence-corrected chi connectivity index (χ4v) is 4.35. The monoisotopic (exact) mass is 310 g/mol. The number of hydrogen-bond donors (Lipinski definition) is 1. The SMILES string of the molecule is CCC(C)c1ccc(S(=O)(=O)N2CCC(CNC)C2)cc1. The lowest BCUT2D eigenvalue weighted by molar-refractivity contribution is 0.451. The molecule has 1 aliphatic rings. The van der Waals surface area contributed by atoms with Crippen LogP contribution in [0.1, 0.15) is 38.2 Å². The molecule has 21 heavy (non-hydrogen) atoms. The minimum atomic E-state index is -3.33. The van der Waals surface area contributed by atoms with Gasteiger partial charge >= 0.3 is 0 Å². The Morgan fingerprint density at radius 1 is 1.33 bits per heavy atom. The van der Waals surface area contributed by atoms with E-state index in [4.69, 9.17) is 0 Å². The van der Waals surface area contributed by atoms with E-state index < -0.39 is 10.0 Å². The molecule has 0 aliphatic carbocycles. The van der Waals surface area contributed by atoms with Gasteiger partial charge in [-0.05, 0) is 56.0 Å². The number of sulfonamides is 1. The normalized spacial score (nSPS) is 21.6. The van der Waals surface area contributed by atoms with E-state index in [2.05, 4.69) is 19.2 Å². The van der Waals surface area contributed by atoms with Crippen molar-refractivity contribution in [3.8, 4) is 0 Å². The Kier molecular flexibility index (Phi) is 5.41. The Morgan fingerprint density at radius 3 is 2.57 bits per heavy atom. The molecule has 2 atom stereocenters. The van der Waals surface area contributed by atoms with E-state index >= 15 is 0 Å². The minimum absolute atomic E-state index is 0.416. The lowest BCUT2D eigenvalue weighted by Crippen LogP contribution is -2.30. The highest BCUT2D eigenvalue weighted by Crippen LogP contribution is 2.26. The third kappa shape index (κ3) is 3.65. The van der Waals surface area contributed by atoms with Gasteiger partial charge in [0, 0.05) is 13.1 Å². The van der Waals surface area contributed by atoms with E-state index in [0.717, 1.165) is 19.4 Å². The van der Waals surface area contributed by atoms with Gasteiger partial charge in [0.05, 0.1) is 4.90 Å². The third-order valence-electron chi connectivity index (χ3n) is 4.44. The molecule has 0 amide bonds. The highest BCUT2D eigenvalue weighted by molar-refractivity contribution is 7.89. The summed E-state index contributed by atoms with van der Waals surface area (Å²) in [5, 5.41) is 3.13. The third-order valence-corrected chi connectivity index (χ3v) is 6.32. The van der Waals surface area contributed by atoms with Crippen LogP contribution in [0.3, 0.4) is 0 Å². The summed E-state index contributed by atoms with van der Waals surface area (Å²) in [6.45, 7) is 6.42. The van der Waals surface area contributed by atoms with E-state index in [1.165, 1.54) is 5.56 Å². The minimum Gasteiger partial charge on any atom is -0.319 e. The van der Waals surface area contributed by atoms with Crippen LogP contribution < -0.4 is 5.32 Å². The molecule has 2 unspecified atom stereocenters. The van der Waals surface area contributed by atoms with E-state index in [9.17, 15) is 8.42 Å². The molecular weight excluding hydrogens is 284 g/mol. The summed E-state index contributed by atoms with van der Waals surface area (Å²) in [4.78, 5) is 0.416. The number of benzene rings is 1. The zero-order chi connectivity index (χ0) is 15.5. The molecule has 5 heteroatoms. The maximum Gasteiger partial charge on any atom is 0.243 e. The van der Waals surface area contributed by atoms with Crippen molar-refractivity contribution < 1.29 is 8.42 Å². The smallest absolute Gasteiger partial charge is 0.243 e. The van der Waals surface area contributed by atoms with Gasteiger partial charge in [-0.1, -0.05) is 26.0 Å². The van der Waals surface area contributed by atoms with Crippen molar-refractivity contribution in [3.63, 3.8) is 0 Å². The van der Waals surface area contributed by atoms with Crippen LogP contribution in [0.5, 0.6) is 0 Å². The number of nitrogens with zero attached hydrogens (tertiary/aromatic N) is 1. The summed E-state index contributed by atoms with van der Waals surface area (Å²) in [5.41, 5.74) is 1.20. The Morgan fingerprint density at radius 2 is 2.00 bits per heavy atom. The van der Waals surface area contributed by atoms with Crippen LogP contribution in [0.25, 0.3) is 0 Å². The highest BCUT2D eigenvalue weighted by Gasteiger charge is 2.32. The Bertz CT molecular complexity index is 554. The van der Waals surface area contributed by atoms with Crippen molar-refractivity contribution >= 4 is 10.0 Å². The summed E-state index contributed by atoms with van der Waals surface area (Å²) >= 11 is 0. The first kappa shape index (κ1) is 16.5. The Labute approximate surface area is 128 Å². The molecule has 0 bridgehead atoms. The van der Waals surface area contributed by atoms with Gasteiger partial charge in [0.2, 0.25) is 10.0 Å². The molecule has 4 nitrogen and oxygen atoms in total. The second-order valence-electron chi connectivity index (χ2n) is 5.95. The van der Waals surface area contributed by atoms with Crippen molar-refractivity contribution in [2.75, 3.05) is 26.7 Å². The van der Waals surface area contributed by atoms with Crippen LogP contribution in [0.15, 0.2) is 29.2 Å². The molecule has 1 saturated heterocycles. The van der Waals surface area contributed by atoms with Crippen molar-refractivity contribution in [3.05, 3.63) is 29.8 Å². The molecule has 0 spiro atoms. The zero-order valence-electron chi connectivity index (χ0n) is 13.2. The van der Waals surface area contributed by atoms with Crippen molar-refractivity contribution in [2.45, 2.75) is 37.5 Å². The molecule has 1 aromatic rings. The molecule has 0 aromatic heterocycles. The summed E-state index contributed by atoms with van der Waals surface area (Å²) < 4.78 is 26.9. The number of hydrogen-bond acceptors (Lipinski definition) is 3. The van der Waals surface area contributed by atoms with E-state index in [1.807, 2.05) is 19.2 Å². The highest BCUT2D eigenvalue weighted by atomic mass is 32.2. The maximum absolute atomic E-state index is 12.6. The van der Waals surface area contributed by atoms with Gasteiger partial charge in [0.1, 0.15) is 0 Å². The standard InChI is InChI=1S/C16H26N2O2S/c1-4-13(2)15-5-7-16(8-6-15)21(19,20)18-10-9-14(12-18)11-17-3/h5-8,13-14,17H,4,9-12H2,1-3H3. The fraction of sp³-hybridized carbons (Fsp3) is 0.625. The largest absolute Gasteiger partial charge is 0.319 e. The van der Waals surface area contributed by atoms with E-state index in [0.29, 0.717) is 29.8 Å². The predicted molar refractivity (Wildman–Crippen MR) is 85.9 cm³/mol. The van der Waals surface area contributed by atoms with Crippen molar-refractivity contribution in [1.82, 2.24) is 9.62 Å². The quantitative estimate of drug-likeness (QED) is 0.878. The second-order valence-corrected chi connectivity index (χ2v) is 7.89. The molecule has 1 aliphatic heterocycles. The summed E-state index contributed by atoms with van der Waals surface area (Å²) in [7, 11) is -1.43. The fourth-order valence-electron chi connectivity index (χ4n) is 2.82. The van der Waals surface area contributed by atoms with Crippen LogP contribution in [-0.2, 0) is 10.0 Å². The molecule has 1 fully saturated rings. The van der Waals surface area contributed by atoms with Gasteiger partial charge in [-0.2, -0.15) is 4.31 Å². The van der Waals surface area contributed by atoms with E-state index in [-0.39, 0.29) is 0 Å². The zero-order valence-corrected chi connectivity index (χ0v) is 14.0. The van der Waals surface area contributed by atoms with E-state index in [1.54, 1.807) is 16.4 Å². The first-order valence-corrected chi connectivity index (χ1v) is 9.17. The first-order chi connectivity index (χ1) is 9.98. The second kappa shape index (κ2) is 6.90. The van der Waals surface area contributed by atoms with Gasteiger partial charge < -0.3 is 5.32 Å². The van der Waals surface area contributed by atoms with Gasteiger partial charge in [-0.3, -0.25) is 0 Å². The van der Waals surface area contributed by atoms with Crippen LogP contribution in [-0.4, -0.2) is 39.4 Å². The molecule has 2 rings (SSSR count). The molecule has 118 valence electrons. The van der Waals surface area contributed by atoms with Crippen LogP contribution >= 0.6 is 0 Å². The summed E-state index contributed by atoms with van der Waals surface area (Å²) in [6.07, 6.45) is 1.99. The number of nitrogens with one attached hydrogen (secondary N) is 1. The lowest BCUT2D eigenvalue weighted by atomic mass is 9.99. The first-order valence-electron chi connectivity index (χ1n) is 7.73. The lowest BCUT2D eigenvalue weighted by Gasteiger charge is -2.17. The van der Waals surface area contributed by atoms with Gasteiger partial charge in [0.15, 0.2) is 0 Å².